The largest absolute Gasteiger partial charge is 0.476 e. The molecule has 0 bridgehead atoms. The van der Waals surface area contributed by atoms with Crippen molar-refractivity contribution in [1.29, 1.82) is 10.5 Å². The van der Waals surface area contributed by atoms with Gasteiger partial charge in [0.2, 0.25) is 11.8 Å². The molecule has 0 aliphatic carbocycles. The van der Waals surface area contributed by atoms with E-state index in [2.05, 4.69) is 83.8 Å². The van der Waals surface area contributed by atoms with Crippen LogP contribution in [0.2, 0.25) is 0 Å². The lowest BCUT2D eigenvalue weighted by atomic mass is 9.95. The summed E-state index contributed by atoms with van der Waals surface area (Å²) in [4.78, 5) is 26.3. The minimum absolute atomic E-state index is 0.172. The second-order valence-corrected chi connectivity index (χ2v) is 12.2. The van der Waals surface area contributed by atoms with Gasteiger partial charge in [-0.15, -0.1) is 0 Å². The summed E-state index contributed by atoms with van der Waals surface area (Å²) in [6.07, 6.45) is 3.29. The smallest absolute Gasteiger partial charge is 0.246 e. The molecule has 9 nitrogen and oxygen atoms in total. The van der Waals surface area contributed by atoms with Crippen molar-refractivity contribution in [2.75, 3.05) is 62.7 Å². The molecule has 2 aromatic carbocycles. The van der Waals surface area contributed by atoms with Crippen LogP contribution in [0.1, 0.15) is 35.2 Å². The van der Waals surface area contributed by atoms with E-state index in [1.807, 2.05) is 0 Å². The lowest BCUT2D eigenvalue weighted by molar-refractivity contribution is -0.128. The number of likely N-dealkylation sites (tertiary alicyclic amines) is 1. The number of rotatable bonds is 7. The Bertz CT molecular complexity index is 1670. The van der Waals surface area contributed by atoms with Gasteiger partial charge in [-0.05, 0) is 56.4 Å². The number of hydrogen-bond donors (Lipinski definition) is 0. The number of fused-ring (bicyclic) bond motifs is 2. The van der Waals surface area contributed by atoms with Gasteiger partial charge >= 0.3 is 0 Å². The molecule has 0 N–H and O–H groups in total. The third-order valence-corrected chi connectivity index (χ3v) is 9.37. The maximum Gasteiger partial charge on any atom is 0.246 e. The second-order valence-electron chi connectivity index (χ2n) is 12.2. The van der Waals surface area contributed by atoms with Crippen LogP contribution in [-0.4, -0.2) is 79.7 Å². The molecule has 2 saturated heterocycles. The van der Waals surface area contributed by atoms with Crippen molar-refractivity contribution >= 4 is 28.1 Å². The van der Waals surface area contributed by atoms with Gasteiger partial charge in [-0.2, -0.15) is 10.5 Å². The Morgan fingerprint density at radius 3 is 2.66 bits per heavy atom. The van der Waals surface area contributed by atoms with Gasteiger partial charge in [-0.3, -0.25) is 4.79 Å². The van der Waals surface area contributed by atoms with Crippen LogP contribution < -0.4 is 14.5 Å². The zero-order valence-corrected chi connectivity index (χ0v) is 25.6. The van der Waals surface area contributed by atoms with Crippen LogP contribution in [0.3, 0.4) is 0 Å². The molecule has 4 heterocycles. The summed E-state index contributed by atoms with van der Waals surface area (Å²) in [7, 11) is 2.12. The molecule has 3 aromatic rings. The van der Waals surface area contributed by atoms with Crippen LogP contribution in [0.4, 0.5) is 11.4 Å². The van der Waals surface area contributed by atoms with Crippen LogP contribution in [0.15, 0.2) is 49.1 Å². The fraction of sp³-hybridized carbons (Fsp3) is 0.429. The van der Waals surface area contributed by atoms with E-state index >= 15 is 0 Å². The highest BCUT2D eigenvalue weighted by Crippen LogP contribution is 2.40. The van der Waals surface area contributed by atoms with E-state index in [4.69, 9.17) is 9.72 Å². The number of benzene rings is 2. The van der Waals surface area contributed by atoms with Crippen LogP contribution in [0.5, 0.6) is 5.88 Å². The molecule has 2 fully saturated rings. The first-order valence-electron chi connectivity index (χ1n) is 15.5. The van der Waals surface area contributed by atoms with E-state index in [-0.39, 0.29) is 18.4 Å². The van der Waals surface area contributed by atoms with E-state index in [1.54, 1.807) is 4.90 Å². The Balaban J connectivity index is 1.40. The number of amides is 1. The molecular formula is C35H39N7O2. The van der Waals surface area contributed by atoms with Crippen LogP contribution in [0, 0.1) is 35.5 Å². The number of nitrogens with zero attached hydrogens (tertiary/aromatic N) is 7. The minimum Gasteiger partial charge on any atom is -0.476 e. The van der Waals surface area contributed by atoms with E-state index in [9.17, 15) is 15.3 Å². The van der Waals surface area contributed by atoms with E-state index in [0.717, 1.165) is 49.4 Å². The Morgan fingerprint density at radius 1 is 1.11 bits per heavy atom. The maximum atomic E-state index is 12.6. The molecule has 0 saturated carbocycles. The summed E-state index contributed by atoms with van der Waals surface area (Å²) in [6, 6.07) is 17.2. The van der Waals surface area contributed by atoms with Gasteiger partial charge in [0.25, 0.3) is 0 Å². The predicted molar refractivity (Wildman–Crippen MR) is 172 cm³/mol. The minimum atomic E-state index is -0.299. The first-order valence-corrected chi connectivity index (χ1v) is 15.5. The predicted octanol–water partition coefficient (Wildman–Crippen LogP) is 4.42. The van der Waals surface area contributed by atoms with Crippen molar-refractivity contribution in [3.63, 3.8) is 0 Å². The van der Waals surface area contributed by atoms with Crippen molar-refractivity contribution in [3.8, 4) is 18.0 Å². The number of anilines is 2. The van der Waals surface area contributed by atoms with Crippen molar-refractivity contribution in [3.05, 3.63) is 71.4 Å². The summed E-state index contributed by atoms with van der Waals surface area (Å²) in [6.45, 7) is 11.1. The maximum absolute atomic E-state index is 12.6. The Morgan fingerprint density at radius 2 is 1.93 bits per heavy atom. The lowest BCUT2D eigenvalue weighted by Gasteiger charge is -2.43. The fourth-order valence-corrected chi connectivity index (χ4v) is 7.17. The molecule has 44 heavy (non-hydrogen) atoms. The molecule has 2 atom stereocenters. The molecule has 6 rings (SSSR count). The number of aryl methyl sites for hydroxylation is 1. The number of carbonyl (C=O) groups is 1. The molecule has 2 unspecified atom stereocenters. The number of piperazine rings is 1. The van der Waals surface area contributed by atoms with Gasteiger partial charge in [0.1, 0.15) is 11.6 Å². The molecular weight excluding hydrogens is 550 g/mol. The molecule has 3 aliphatic rings. The van der Waals surface area contributed by atoms with Crippen LogP contribution >= 0.6 is 0 Å². The SMILES string of the molecule is C=CC(=O)N1CCN(c2c(C#N)c(OCC3CCN(C)C3)nc3c2CCN(c2cccc4cccc(C)c24)C3)CC1CC#N. The molecule has 226 valence electrons. The zero-order valence-electron chi connectivity index (χ0n) is 25.6. The summed E-state index contributed by atoms with van der Waals surface area (Å²) in [5, 5.41) is 22.6. The standard InChI is InChI=1S/C35H39N7O2/c1-4-32(43)42-18-17-41(21-27(42)11-14-36)34-28-13-16-40(31-10-6-9-26-8-5-7-24(2)33(26)31)22-30(28)38-35(29(34)19-37)44-23-25-12-15-39(3)20-25/h4-10,25,27H,1,11-13,15-18,20-23H2,2-3H3. The number of aromatic nitrogens is 1. The Labute approximate surface area is 259 Å². The summed E-state index contributed by atoms with van der Waals surface area (Å²) >= 11 is 0. The van der Waals surface area contributed by atoms with Crippen LogP contribution in [0.25, 0.3) is 10.8 Å². The topological polar surface area (TPSA) is 99.7 Å². The monoisotopic (exact) mass is 589 g/mol. The molecule has 3 aliphatic heterocycles. The zero-order chi connectivity index (χ0) is 30.8. The average molecular weight is 590 g/mol. The summed E-state index contributed by atoms with van der Waals surface area (Å²) in [5.41, 5.74) is 5.68. The lowest BCUT2D eigenvalue weighted by Crippen LogP contribution is -2.55. The summed E-state index contributed by atoms with van der Waals surface area (Å²) in [5.74, 6) is 0.596. The fourth-order valence-electron chi connectivity index (χ4n) is 7.17. The molecule has 1 aromatic heterocycles. The number of pyridine rings is 1. The van der Waals surface area contributed by atoms with Crippen LogP contribution in [-0.2, 0) is 17.8 Å². The average Bonchev–Trinajstić information content (AvgIpc) is 3.47. The third kappa shape index (κ3) is 5.56. The second kappa shape index (κ2) is 12.6. The van der Waals surface area contributed by atoms with E-state index in [1.165, 1.54) is 28.1 Å². The van der Waals surface area contributed by atoms with Crippen molar-refractivity contribution < 1.29 is 9.53 Å². The molecule has 9 heteroatoms. The Kier molecular flexibility index (Phi) is 8.41. The highest BCUT2D eigenvalue weighted by atomic mass is 16.5. The normalized spacial score (nSPS) is 20.2. The Hall–Kier alpha value is -4.60. The first kappa shape index (κ1) is 29.5. The quantitative estimate of drug-likeness (QED) is 0.374. The van der Waals surface area contributed by atoms with E-state index < -0.39 is 0 Å². The highest BCUT2D eigenvalue weighted by molar-refractivity contribution is 5.97. The third-order valence-electron chi connectivity index (χ3n) is 9.37. The van der Waals surface area contributed by atoms with Crippen molar-refractivity contribution in [1.82, 2.24) is 14.8 Å². The van der Waals surface area contributed by atoms with Gasteiger partial charge in [-0.25, -0.2) is 4.98 Å². The first-order chi connectivity index (χ1) is 21.4. The van der Waals surface area contributed by atoms with Gasteiger partial charge < -0.3 is 24.3 Å². The van der Waals surface area contributed by atoms with E-state index in [0.29, 0.717) is 50.1 Å². The molecule has 0 radical (unpaired) electrons. The number of carbonyl (C=O) groups excluding carboxylic acids is 1. The van der Waals surface area contributed by atoms with Gasteiger partial charge in [0, 0.05) is 55.3 Å². The summed E-state index contributed by atoms with van der Waals surface area (Å²) < 4.78 is 6.40. The van der Waals surface area contributed by atoms with Crippen molar-refractivity contribution in [2.24, 2.45) is 5.92 Å². The van der Waals surface area contributed by atoms with Gasteiger partial charge in [-0.1, -0.05) is 36.9 Å². The number of hydrogen-bond acceptors (Lipinski definition) is 8. The van der Waals surface area contributed by atoms with Gasteiger partial charge in [0.05, 0.1) is 43.1 Å². The van der Waals surface area contributed by atoms with Crippen molar-refractivity contribution in [2.45, 2.75) is 38.8 Å². The molecule has 0 spiro atoms. The number of ether oxygens (including phenoxy) is 1. The van der Waals surface area contributed by atoms with Gasteiger partial charge in [0.15, 0.2) is 0 Å². The highest BCUT2D eigenvalue weighted by Gasteiger charge is 2.35. The molecule has 1 amide bonds. The number of nitriles is 2.